The number of ether oxygens (including phenoxy) is 1. The van der Waals surface area contributed by atoms with Crippen molar-refractivity contribution in [2.75, 3.05) is 26.4 Å². The maximum absolute atomic E-state index is 12.6. The van der Waals surface area contributed by atoms with E-state index in [1.54, 1.807) is 19.1 Å². The Morgan fingerprint density at radius 1 is 1.53 bits per heavy atom. The van der Waals surface area contributed by atoms with Gasteiger partial charge >= 0.3 is 0 Å². The summed E-state index contributed by atoms with van der Waals surface area (Å²) in [7, 11) is -3.67. The van der Waals surface area contributed by atoms with Crippen LogP contribution in [0.3, 0.4) is 0 Å². The van der Waals surface area contributed by atoms with E-state index >= 15 is 0 Å². The summed E-state index contributed by atoms with van der Waals surface area (Å²) in [6.07, 6.45) is 0. The third-order valence-corrected chi connectivity index (χ3v) is 5.69. The molecule has 1 saturated heterocycles. The van der Waals surface area contributed by atoms with E-state index in [1.165, 1.54) is 10.4 Å². The van der Waals surface area contributed by atoms with E-state index in [9.17, 15) is 13.5 Å². The lowest BCUT2D eigenvalue weighted by Crippen LogP contribution is -2.50. The summed E-state index contributed by atoms with van der Waals surface area (Å²) >= 11 is 5.97. The highest BCUT2D eigenvalue weighted by Gasteiger charge is 2.34. The van der Waals surface area contributed by atoms with Gasteiger partial charge in [-0.25, -0.2) is 8.42 Å². The lowest BCUT2D eigenvalue weighted by molar-refractivity contribution is 0.0109. The first-order valence-electron chi connectivity index (χ1n) is 5.94. The van der Waals surface area contributed by atoms with Crippen molar-refractivity contribution in [3.05, 3.63) is 28.8 Å². The fourth-order valence-corrected chi connectivity index (χ4v) is 4.16. The van der Waals surface area contributed by atoms with Crippen LogP contribution in [0.4, 0.5) is 0 Å². The number of aliphatic hydroxyl groups is 1. The molecule has 1 unspecified atom stereocenters. The molecule has 1 aliphatic rings. The summed E-state index contributed by atoms with van der Waals surface area (Å²) in [5, 5.41) is 9.70. The SMILES string of the molecule is Cc1c(Cl)cccc1S(=O)(=O)N1CCOCC1CO. The first-order chi connectivity index (χ1) is 8.98. The molecule has 1 heterocycles. The first-order valence-corrected chi connectivity index (χ1v) is 7.76. The number of morpholine rings is 1. The highest BCUT2D eigenvalue weighted by Crippen LogP contribution is 2.27. The van der Waals surface area contributed by atoms with Crippen molar-refractivity contribution in [1.82, 2.24) is 4.31 Å². The van der Waals surface area contributed by atoms with E-state index in [4.69, 9.17) is 16.3 Å². The number of rotatable bonds is 3. The second-order valence-electron chi connectivity index (χ2n) is 4.39. The molecule has 0 spiro atoms. The number of benzene rings is 1. The van der Waals surface area contributed by atoms with Crippen LogP contribution in [0.1, 0.15) is 5.56 Å². The Labute approximate surface area is 117 Å². The predicted molar refractivity (Wildman–Crippen MR) is 71.8 cm³/mol. The van der Waals surface area contributed by atoms with Crippen molar-refractivity contribution >= 4 is 21.6 Å². The van der Waals surface area contributed by atoms with Crippen LogP contribution in [0.5, 0.6) is 0 Å². The van der Waals surface area contributed by atoms with Crippen LogP contribution >= 0.6 is 11.6 Å². The molecule has 1 N–H and O–H groups in total. The van der Waals surface area contributed by atoms with Crippen molar-refractivity contribution in [2.24, 2.45) is 0 Å². The molecule has 0 aliphatic carbocycles. The van der Waals surface area contributed by atoms with Crippen molar-refractivity contribution in [3.63, 3.8) is 0 Å². The monoisotopic (exact) mass is 305 g/mol. The van der Waals surface area contributed by atoms with Crippen LogP contribution < -0.4 is 0 Å². The van der Waals surface area contributed by atoms with E-state index < -0.39 is 16.1 Å². The van der Waals surface area contributed by atoms with E-state index in [0.29, 0.717) is 17.2 Å². The maximum Gasteiger partial charge on any atom is 0.243 e. The molecule has 0 bridgehead atoms. The Hall–Kier alpha value is -0.660. The molecule has 0 amide bonds. The normalized spacial score (nSPS) is 21.5. The van der Waals surface area contributed by atoms with E-state index in [0.717, 1.165) is 0 Å². The van der Waals surface area contributed by atoms with Crippen molar-refractivity contribution in [3.8, 4) is 0 Å². The Morgan fingerprint density at radius 2 is 2.26 bits per heavy atom. The zero-order valence-electron chi connectivity index (χ0n) is 10.5. The predicted octanol–water partition coefficient (Wildman–Crippen LogP) is 1.03. The zero-order chi connectivity index (χ0) is 14.0. The van der Waals surface area contributed by atoms with Crippen molar-refractivity contribution < 1.29 is 18.3 Å². The minimum Gasteiger partial charge on any atom is -0.395 e. The smallest absolute Gasteiger partial charge is 0.243 e. The van der Waals surface area contributed by atoms with Gasteiger partial charge in [-0.15, -0.1) is 0 Å². The fraction of sp³-hybridized carbons (Fsp3) is 0.500. The van der Waals surface area contributed by atoms with Gasteiger partial charge in [-0.3, -0.25) is 0 Å². The largest absolute Gasteiger partial charge is 0.395 e. The van der Waals surface area contributed by atoms with E-state index in [1.807, 2.05) is 0 Å². The molecule has 0 saturated carbocycles. The van der Waals surface area contributed by atoms with Gasteiger partial charge in [0.05, 0.1) is 30.8 Å². The number of nitrogens with zero attached hydrogens (tertiary/aromatic N) is 1. The molecule has 1 fully saturated rings. The minimum atomic E-state index is -3.67. The minimum absolute atomic E-state index is 0.181. The van der Waals surface area contributed by atoms with Gasteiger partial charge in [-0.1, -0.05) is 17.7 Å². The molecule has 2 rings (SSSR count). The standard InChI is InChI=1S/C12H16ClNO4S/c1-9-11(13)3-2-4-12(9)19(16,17)14-5-6-18-8-10(14)7-15/h2-4,10,15H,5-8H2,1H3. The van der Waals surface area contributed by atoms with Crippen LogP contribution in [0.25, 0.3) is 0 Å². The molecule has 1 aliphatic heterocycles. The topological polar surface area (TPSA) is 66.8 Å². The highest BCUT2D eigenvalue weighted by atomic mass is 35.5. The molecule has 0 radical (unpaired) electrons. The average Bonchev–Trinajstić information content (AvgIpc) is 2.41. The lowest BCUT2D eigenvalue weighted by Gasteiger charge is -2.33. The van der Waals surface area contributed by atoms with Gasteiger partial charge < -0.3 is 9.84 Å². The molecule has 0 aromatic heterocycles. The van der Waals surface area contributed by atoms with Crippen molar-refractivity contribution in [1.29, 1.82) is 0 Å². The fourth-order valence-electron chi connectivity index (χ4n) is 2.09. The van der Waals surface area contributed by atoms with Gasteiger partial charge in [-0.05, 0) is 24.6 Å². The third kappa shape index (κ3) is 2.78. The van der Waals surface area contributed by atoms with Crippen LogP contribution in [-0.2, 0) is 14.8 Å². The Balaban J connectivity index is 2.44. The van der Waals surface area contributed by atoms with E-state index in [2.05, 4.69) is 0 Å². The summed E-state index contributed by atoms with van der Waals surface area (Å²) < 4.78 is 31.7. The van der Waals surface area contributed by atoms with Gasteiger partial charge in [0.25, 0.3) is 0 Å². The Morgan fingerprint density at radius 3 is 2.95 bits per heavy atom. The molecule has 1 atom stereocenters. The van der Waals surface area contributed by atoms with Crippen molar-refractivity contribution in [2.45, 2.75) is 17.9 Å². The number of sulfonamides is 1. The molecule has 1 aromatic carbocycles. The number of aliphatic hydroxyl groups excluding tert-OH is 1. The zero-order valence-corrected chi connectivity index (χ0v) is 12.1. The molecule has 19 heavy (non-hydrogen) atoms. The molecule has 7 heteroatoms. The molecule has 5 nitrogen and oxygen atoms in total. The summed E-state index contributed by atoms with van der Waals surface area (Å²) in [5.41, 5.74) is 0.521. The molecule has 1 aromatic rings. The van der Waals surface area contributed by atoms with Gasteiger partial charge in [-0.2, -0.15) is 4.31 Å². The second-order valence-corrected chi connectivity index (χ2v) is 6.66. The summed E-state index contributed by atoms with van der Waals surface area (Å²) in [5.74, 6) is 0. The quantitative estimate of drug-likeness (QED) is 0.906. The highest BCUT2D eigenvalue weighted by molar-refractivity contribution is 7.89. The summed E-state index contributed by atoms with van der Waals surface area (Å²) in [6.45, 7) is 2.17. The van der Waals surface area contributed by atoms with Gasteiger partial charge in [0.15, 0.2) is 0 Å². The van der Waals surface area contributed by atoms with Gasteiger partial charge in [0, 0.05) is 11.6 Å². The molecular weight excluding hydrogens is 290 g/mol. The summed E-state index contributed by atoms with van der Waals surface area (Å²) in [6, 6.07) is 4.24. The lowest BCUT2D eigenvalue weighted by atomic mass is 10.2. The Bertz CT molecular complexity index is 561. The second kappa shape index (κ2) is 5.76. The van der Waals surface area contributed by atoms with Crippen LogP contribution in [0, 0.1) is 6.92 Å². The number of hydrogen-bond acceptors (Lipinski definition) is 4. The number of halogens is 1. The maximum atomic E-state index is 12.6. The van der Waals surface area contributed by atoms with Gasteiger partial charge in [0.1, 0.15) is 0 Å². The first kappa shape index (κ1) is 14.7. The average molecular weight is 306 g/mol. The van der Waals surface area contributed by atoms with Crippen LogP contribution in [-0.4, -0.2) is 50.2 Å². The van der Waals surface area contributed by atoms with Crippen LogP contribution in [0.2, 0.25) is 5.02 Å². The number of hydrogen-bond donors (Lipinski definition) is 1. The Kier molecular flexibility index (Phi) is 4.47. The summed E-state index contributed by atoms with van der Waals surface area (Å²) in [4.78, 5) is 0.181. The molecule has 106 valence electrons. The third-order valence-electron chi connectivity index (χ3n) is 3.19. The molecular formula is C12H16ClNO4S. The van der Waals surface area contributed by atoms with Gasteiger partial charge in [0.2, 0.25) is 10.0 Å². The van der Waals surface area contributed by atoms with Crippen LogP contribution in [0.15, 0.2) is 23.1 Å². The van der Waals surface area contributed by atoms with E-state index in [-0.39, 0.29) is 24.7 Å².